The van der Waals surface area contributed by atoms with Crippen LogP contribution in [0.1, 0.15) is 25.3 Å². The van der Waals surface area contributed by atoms with Gasteiger partial charge in [-0.25, -0.2) is 8.42 Å². The molecule has 0 fully saturated rings. The number of hydrogen-bond acceptors (Lipinski definition) is 3. The Labute approximate surface area is 176 Å². The summed E-state index contributed by atoms with van der Waals surface area (Å²) in [5.74, 6) is -0.364. The third-order valence-corrected chi connectivity index (χ3v) is 5.98. The van der Waals surface area contributed by atoms with Crippen molar-refractivity contribution in [2.75, 3.05) is 17.1 Å². The fourth-order valence-corrected chi connectivity index (χ4v) is 4.60. The molecule has 0 unspecified atom stereocenters. The van der Waals surface area contributed by atoms with Crippen LogP contribution in [0.3, 0.4) is 0 Å². The van der Waals surface area contributed by atoms with Crippen molar-refractivity contribution in [2.24, 2.45) is 0 Å². The lowest BCUT2D eigenvalue weighted by Crippen LogP contribution is -2.49. The lowest BCUT2D eigenvalue weighted by Gasteiger charge is -2.30. The minimum Gasteiger partial charge on any atom is -0.354 e. The molecule has 2 aromatic rings. The highest BCUT2D eigenvalue weighted by Gasteiger charge is 2.32. The molecule has 2 aromatic carbocycles. The molecule has 0 heterocycles. The number of nitrogens with zero attached hydrogens (tertiary/aromatic N) is 1. The zero-order valence-electron chi connectivity index (χ0n) is 15.9. The molecule has 0 spiro atoms. The fourth-order valence-electron chi connectivity index (χ4n) is 2.96. The first kappa shape index (κ1) is 22.5. The number of carbonyl (C=O) groups excluding carboxylic acids is 1. The van der Waals surface area contributed by atoms with E-state index in [1.807, 2.05) is 30.3 Å². The van der Waals surface area contributed by atoms with Gasteiger partial charge in [-0.2, -0.15) is 0 Å². The Kier molecular flexibility index (Phi) is 8.16. The summed E-state index contributed by atoms with van der Waals surface area (Å²) in [7, 11) is -3.76. The number of hydrogen-bond donors (Lipinski definition) is 1. The molecule has 2 rings (SSSR count). The Morgan fingerprint density at radius 3 is 2.43 bits per heavy atom. The van der Waals surface area contributed by atoms with Crippen LogP contribution in [0.4, 0.5) is 5.69 Å². The standard InChI is InChI=1S/C20H24Cl2N2O3S/c1-3-18(20(25)23-13-7-10-15-8-5-4-6-9-15)24(28(2,26)27)19-14-16(21)11-12-17(19)22/h4-6,8-9,11-12,14,18H,3,7,10,13H2,1-2H3,(H,23,25)/t18-/m0/s1. The summed E-state index contributed by atoms with van der Waals surface area (Å²) in [6.45, 7) is 2.20. The van der Waals surface area contributed by atoms with Crippen LogP contribution >= 0.6 is 23.2 Å². The number of benzene rings is 2. The van der Waals surface area contributed by atoms with Gasteiger partial charge < -0.3 is 5.32 Å². The molecule has 8 heteroatoms. The summed E-state index contributed by atoms with van der Waals surface area (Å²) in [5.41, 5.74) is 1.38. The van der Waals surface area contributed by atoms with Gasteiger partial charge in [0.15, 0.2) is 0 Å². The van der Waals surface area contributed by atoms with Crippen molar-refractivity contribution in [1.82, 2.24) is 5.32 Å². The van der Waals surface area contributed by atoms with Crippen LogP contribution in [0.25, 0.3) is 0 Å². The highest BCUT2D eigenvalue weighted by molar-refractivity contribution is 7.92. The summed E-state index contributed by atoms with van der Waals surface area (Å²) >= 11 is 12.2. The van der Waals surface area contributed by atoms with Gasteiger partial charge in [0.1, 0.15) is 6.04 Å². The van der Waals surface area contributed by atoms with Crippen LogP contribution in [0, 0.1) is 0 Å². The number of carbonyl (C=O) groups is 1. The van der Waals surface area contributed by atoms with Gasteiger partial charge in [-0.3, -0.25) is 9.10 Å². The van der Waals surface area contributed by atoms with Gasteiger partial charge in [-0.05, 0) is 43.0 Å². The van der Waals surface area contributed by atoms with E-state index < -0.39 is 16.1 Å². The van der Waals surface area contributed by atoms with Crippen LogP contribution in [0.2, 0.25) is 10.0 Å². The molecule has 0 saturated heterocycles. The Hall–Kier alpha value is -1.76. The number of aryl methyl sites for hydroxylation is 1. The molecule has 5 nitrogen and oxygen atoms in total. The van der Waals surface area contributed by atoms with Gasteiger partial charge in [-0.15, -0.1) is 0 Å². The van der Waals surface area contributed by atoms with Crippen LogP contribution in [-0.2, 0) is 21.2 Å². The molecule has 28 heavy (non-hydrogen) atoms. The highest BCUT2D eigenvalue weighted by atomic mass is 35.5. The fraction of sp³-hybridized carbons (Fsp3) is 0.350. The lowest BCUT2D eigenvalue weighted by molar-refractivity contribution is -0.122. The second kappa shape index (κ2) is 10.1. The first-order chi connectivity index (χ1) is 13.2. The maximum Gasteiger partial charge on any atom is 0.243 e. The number of halogens is 2. The van der Waals surface area contributed by atoms with Gasteiger partial charge in [-0.1, -0.05) is 60.5 Å². The summed E-state index contributed by atoms with van der Waals surface area (Å²) in [6, 6.07) is 13.6. The molecule has 1 atom stereocenters. The van der Waals surface area contributed by atoms with Crippen LogP contribution in [0.5, 0.6) is 0 Å². The van der Waals surface area contributed by atoms with E-state index in [1.54, 1.807) is 13.0 Å². The zero-order valence-corrected chi connectivity index (χ0v) is 18.2. The highest BCUT2D eigenvalue weighted by Crippen LogP contribution is 2.32. The van der Waals surface area contributed by atoms with Crippen molar-refractivity contribution < 1.29 is 13.2 Å². The number of rotatable bonds is 9. The molecule has 152 valence electrons. The molecule has 0 aliphatic carbocycles. The van der Waals surface area contributed by atoms with E-state index >= 15 is 0 Å². The predicted octanol–water partition coefficient (Wildman–Crippen LogP) is 4.29. The molecule has 1 N–H and O–H groups in total. The Balaban J connectivity index is 2.12. The van der Waals surface area contributed by atoms with E-state index in [9.17, 15) is 13.2 Å². The van der Waals surface area contributed by atoms with E-state index in [1.165, 1.54) is 17.7 Å². The number of anilines is 1. The second-order valence-corrected chi connectivity index (χ2v) is 9.16. The lowest BCUT2D eigenvalue weighted by atomic mass is 10.1. The predicted molar refractivity (Wildman–Crippen MR) is 116 cm³/mol. The number of nitrogens with one attached hydrogen (secondary N) is 1. The molecule has 0 aliphatic heterocycles. The third-order valence-electron chi connectivity index (χ3n) is 4.26. The Morgan fingerprint density at radius 2 is 1.82 bits per heavy atom. The van der Waals surface area contributed by atoms with Crippen molar-refractivity contribution in [1.29, 1.82) is 0 Å². The largest absolute Gasteiger partial charge is 0.354 e. The van der Waals surface area contributed by atoms with Crippen molar-refractivity contribution in [3.8, 4) is 0 Å². The average molecular weight is 443 g/mol. The van der Waals surface area contributed by atoms with Gasteiger partial charge in [0.2, 0.25) is 15.9 Å². The SMILES string of the molecule is CC[C@@H](C(=O)NCCCc1ccccc1)N(c1cc(Cl)ccc1Cl)S(C)(=O)=O. The maximum absolute atomic E-state index is 12.7. The Bertz CT molecular complexity index is 905. The smallest absolute Gasteiger partial charge is 0.243 e. The van der Waals surface area contributed by atoms with Gasteiger partial charge in [0.05, 0.1) is 17.0 Å². The van der Waals surface area contributed by atoms with Crippen LogP contribution < -0.4 is 9.62 Å². The minimum atomic E-state index is -3.76. The second-order valence-electron chi connectivity index (χ2n) is 6.46. The molecule has 0 bridgehead atoms. The van der Waals surface area contributed by atoms with E-state index in [-0.39, 0.29) is 16.6 Å². The number of sulfonamides is 1. The van der Waals surface area contributed by atoms with E-state index in [0.717, 1.165) is 23.4 Å². The molecule has 0 aliphatic rings. The van der Waals surface area contributed by atoms with E-state index in [0.29, 0.717) is 18.0 Å². The van der Waals surface area contributed by atoms with E-state index in [2.05, 4.69) is 5.32 Å². The summed E-state index contributed by atoms with van der Waals surface area (Å²) in [4.78, 5) is 12.7. The van der Waals surface area contributed by atoms with Crippen molar-refractivity contribution in [2.45, 2.75) is 32.2 Å². The monoisotopic (exact) mass is 442 g/mol. The first-order valence-electron chi connectivity index (χ1n) is 9.00. The topological polar surface area (TPSA) is 66.5 Å². The summed E-state index contributed by atoms with van der Waals surface area (Å²) in [6.07, 6.45) is 2.92. The maximum atomic E-state index is 12.7. The quantitative estimate of drug-likeness (QED) is 0.588. The third kappa shape index (κ3) is 6.12. The van der Waals surface area contributed by atoms with Crippen molar-refractivity contribution in [3.63, 3.8) is 0 Å². The van der Waals surface area contributed by atoms with Crippen molar-refractivity contribution >= 4 is 44.8 Å². The van der Waals surface area contributed by atoms with Gasteiger partial charge in [0, 0.05) is 11.6 Å². The summed E-state index contributed by atoms with van der Waals surface area (Å²) < 4.78 is 26.0. The normalized spacial score (nSPS) is 12.4. The molecule has 1 amide bonds. The average Bonchev–Trinajstić information content (AvgIpc) is 2.65. The Morgan fingerprint density at radius 1 is 1.14 bits per heavy atom. The summed E-state index contributed by atoms with van der Waals surface area (Å²) in [5, 5.41) is 3.39. The number of amides is 1. The van der Waals surface area contributed by atoms with Crippen molar-refractivity contribution in [3.05, 3.63) is 64.1 Å². The molecule has 0 aromatic heterocycles. The molecular weight excluding hydrogens is 419 g/mol. The first-order valence-corrected chi connectivity index (χ1v) is 11.6. The molecule has 0 radical (unpaired) electrons. The minimum absolute atomic E-state index is 0.197. The zero-order chi connectivity index (χ0) is 20.7. The molecule has 0 saturated carbocycles. The van der Waals surface area contributed by atoms with Gasteiger partial charge in [0.25, 0.3) is 0 Å². The van der Waals surface area contributed by atoms with Crippen LogP contribution in [0.15, 0.2) is 48.5 Å². The van der Waals surface area contributed by atoms with Gasteiger partial charge >= 0.3 is 0 Å². The molecular formula is C20H24Cl2N2O3S. The van der Waals surface area contributed by atoms with Crippen LogP contribution in [-0.4, -0.2) is 33.2 Å². The van der Waals surface area contributed by atoms with E-state index in [4.69, 9.17) is 23.2 Å².